The number of benzene rings is 20. The van der Waals surface area contributed by atoms with Crippen molar-refractivity contribution in [1.82, 2.24) is 0 Å². The van der Waals surface area contributed by atoms with Crippen molar-refractivity contribution in [2.75, 3.05) is 0 Å². The summed E-state index contributed by atoms with van der Waals surface area (Å²) in [5.74, 6) is 0. The minimum Gasteiger partial charge on any atom is -0.0622 e. The van der Waals surface area contributed by atoms with Crippen molar-refractivity contribution in [3.63, 3.8) is 0 Å². The summed E-state index contributed by atoms with van der Waals surface area (Å²) in [6.45, 7) is 33.7. The van der Waals surface area contributed by atoms with Gasteiger partial charge in [-0.1, -0.05) is 406 Å². The number of hydrogen-bond acceptors (Lipinski definition) is 0. The Morgan fingerprint density at radius 1 is 0.105 bits per heavy atom. The highest BCUT2D eigenvalue weighted by molar-refractivity contribution is 6.25. The maximum absolute atomic E-state index is 2.60. The third kappa shape index (κ3) is 11.0. The van der Waals surface area contributed by atoms with Gasteiger partial charge in [-0.25, -0.2) is 0 Å². The molecule has 636 valence electrons. The first-order valence-electron chi connectivity index (χ1n) is 48.0. The van der Waals surface area contributed by atoms with Gasteiger partial charge in [0.2, 0.25) is 0 Å². The predicted molar refractivity (Wildman–Crippen MR) is 564 cm³/mol. The van der Waals surface area contributed by atoms with Crippen molar-refractivity contribution in [2.45, 2.75) is 135 Å². The van der Waals surface area contributed by atoms with Crippen LogP contribution in [0, 0.1) is 0 Å². The van der Waals surface area contributed by atoms with Crippen LogP contribution in [-0.4, -0.2) is 0 Å². The topological polar surface area (TPSA) is 0 Å². The van der Waals surface area contributed by atoms with Gasteiger partial charge in [-0.3, -0.25) is 0 Å². The van der Waals surface area contributed by atoms with E-state index in [4.69, 9.17) is 0 Å². The maximum Gasteiger partial charge on any atom is 0.0159 e. The molecule has 27 rings (SSSR count). The smallest absolute Gasteiger partial charge is 0.0159 e. The highest BCUT2D eigenvalue weighted by Gasteiger charge is 2.45. The van der Waals surface area contributed by atoms with Crippen LogP contribution in [0.2, 0.25) is 0 Å². The molecule has 0 bridgehead atoms. The quantitative estimate of drug-likeness (QED) is 0.140. The second-order valence-corrected chi connectivity index (χ2v) is 42.8. The van der Waals surface area contributed by atoms with Crippen LogP contribution in [0.25, 0.3) is 199 Å². The summed E-state index contributed by atoms with van der Waals surface area (Å²) in [7, 11) is 0. The van der Waals surface area contributed by atoms with Gasteiger partial charge >= 0.3 is 0 Å². The van der Waals surface area contributed by atoms with Crippen molar-refractivity contribution in [2.24, 2.45) is 0 Å². The van der Waals surface area contributed by atoms with Crippen LogP contribution in [0.5, 0.6) is 0 Å². The fraction of sp³-hybridized carbons (Fsp3) is 0.158. The molecule has 0 fully saturated rings. The lowest BCUT2D eigenvalue weighted by Crippen LogP contribution is -2.15. The van der Waals surface area contributed by atoms with Gasteiger partial charge in [0.15, 0.2) is 0 Å². The number of fused-ring (bicyclic) bond motifs is 25. The average molecular weight is 1700 g/mol. The first kappa shape index (κ1) is 79.4. The molecule has 0 nitrogen and oxygen atoms in total. The summed E-state index contributed by atoms with van der Waals surface area (Å²) in [6.07, 6.45) is 0. The van der Waals surface area contributed by atoms with E-state index in [1.807, 2.05) is 0 Å². The largest absolute Gasteiger partial charge is 0.0622 e. The Morgan fingerprint density at radius 2 is 0.286 bits per heavy atom. The molecular weight excluding hydrogens is 1600 g/mol. The molecule has 0 unspecified atom stereocenters. The third-order valence-corrected chi connectivity index (χ3v) is 33.4. The van der Waals surface area contributed by atoms with Crippen LogP contribution in [0.3, 0.4) is 0 Å². The fourth-order valence-corrected chi connectivity index (χ4v) is 26.3. The standard InChI is InChI=1S/C68H54.C65H50/c1-65(2)55-22-14-11-17-43(55)46-29-25-39(33-58(46)65)40-26-30-49-52-37-53-54(38-62(52)68(7,8)59(49)34-40)64(42-28-32-48-45-19-13-16-24-57(45)67(5,6)61(48)36-42)51-21-10-9-20-50(51)63(53)41-27-31-47-44-18-12-15-23-56(44)66(3,4)60(47)35-41;1-63(2)55-26-16-14-22-45(55)47-32-29-41(35-58(47)63)61-50-24-12-13-25-51(50)62(42-30-33-48-46-23-15-17-27-56(46)64(3,4)59(48)36-42)54-38-60-52(37-53(54)61)49-31-28-40(34-57(49)65(60,5)6)44-21-11-10-20-43(44)39-18-8-7-9-19-39/h9-38H,1-8H3;7-38H,1-6H3. The van der Waals surface area contributed by atoms with Gasteiger partial charge in [0, 0.05) is 37.9 Å². The minimum atomic E-state index is -0.232. The second kappa shape index (κ2) is 27.8. The van der Waals surface area contributed by atoms with Crippen LogP contribution < -0.4 is 0 Å². The van der Waals surface area contributed by atoms with Gasteiger partial charge in [-0.15, -0.1) is 0 Å². The molecule has 0 saturated heterocycles. The SMILES string of the molecule is CC1(C)c2ccccc2-c2ccc(-c3c4ccccc4c(-c4ccc5c(c4)C(C)(C)c4ccccc4-5)c4cc5c(cc34)-c3ccc(-c4ccccc4-c4ccccc4)cc3C5(C)C)cc21.CC1(C)c2ccccc2-c2ccc(-c3ccc4c(c3)C(C)(C)c3cc5c(-c6ccc7c(c6)C(C)(C)c6ccccc6-7)c6ccccc6c(-c6ccc7c(c6)C(C)(C)c6ccccc6-7)c5cc3-4)cc21. The Hall–Kier alpha value is -14.6. The van der Waals surface area contributed by atoms with Crippen molar-refractivity contribution < 1.29 is 0 Å². The molecule has 0 atom stereocenters. The molecule has 0 amide bonds. The van der Waals surface area contributed by atoms with Gasteiger partial charge in [0.1, 0.15) is 0 Å². The maximum atomic E-state index is 2.60. The van der Waals surface area contributed by atoms with Gasteiger partial charge < -0.3 is 0 Å². The summed E-state index contributed by atoms with van der Waals surface area (Å²) in [5.41, 5.74) is 55.5. The van der Waals surface area contributed by atoms with E-state index in [2.05, 4.69) is 473 Å². The molecule has 20 aromatic carbocycles. The summed E-state index contributed by atoms with van der Waals surface area (Å²) in [5, 5.41) is 10.4. The summed E-state index contributed by atoms with van der Waals surface area (Å²) in [4.78, 5) is 0. The summed E-state index contributed by atoms with van der Waals surface area (Å²) < 4.78 is 0. The van der Waals surface area contributed by atoms with Gasteiger partial charge in [0.05, 0.1) is 0 Å². The van der Waals surface area contributed by atoms with E-state index in [0.717, 1.165) is 0 Å². The molecule has 0 N–H and O–H groups in total. The molecule has 0 heteroatoms. The van der Waals surface area contributed by atoms with Gasteiger partial charge in [-0.2, -0.15) is 0 Å². The van der Waals surface area contributed by atoms with E-state index >= 15 is 0 Å². The summed E-state index contributed by atoms with van der Waals surface area (Å²) in [6, 6.07) is 144. The second-order valence-electron chi connectivity index (χ2n) is 42.8. The third-order valence-electron chi connectivity index (χ3n) is 33.4. The van der Waals surface area contributed by atoms with E-state index in [1.54, 1.807) is 0 Å². The fourth-order valence-electron chi connectivity index (χ4n) is 26.3. The lowest BCUT2D eigenvalue weighted by atomic mass is 9.77. The molecule has 0 spiro atoms. The first-order valence-corrected chi connectivity index (χ1v) is 48.0. The van der Waals surface area contributed by atoms with E-state index in [1.165, 1.54) is 277 Å². The van der Waals surface area contributed by atoms with Gasteiger partial charge in [-0.05, 0) is 343 Å². The lowest BCUT2D eigenvalue weighted by Gasteiger charge is -2.25. The molecule has 0 heterocycles. The molecule has 0 radical (unpaired) electrons. The molecule has 7 aliphatic rings. The molecule has 20 aromatic rings. The van der Waals surface area contributed by atoms with Crippen molar-refractivity contribution >= 4 is 43.1 Å². The Labute approximate surface area is 782 Å². The van der Waals surface area contributed by atoms with Crippen molar-refractivity contribution in [3.8, 4) is 156 Å². The van der Waals surface area contributed by atoms with Crippen molar-refractivity contribution in [3.05, 3.63) is 454 Å². The van der Waals surface area contributed by atoms with E-state index in [-0.39, 0.29) is 37.9 Å². The highest BCUT2D eigenvalue weighted by Crippen LogP contribution is 2.62. The zero-order valence-electron chi connectivity index (χ0n) is 78.3. The zero-order chi connectivity index (χ0) is 90.2. The predicted octanol–water partition coefficient (Wildman–Crippen LogP) is 35.8. The zero-order valence-corrected chi connectivity index (χ0v) is 78.3. The minimum absolute atomic E-state index is 0.0512. The lowest BCUT2D eigenvalue weighted by molar-refractivity contribution is 0.660. The van der Waals surface area contributed by atoms with Crippen LogP contribution in [0.15, 0.2) is 376 Å². The van der Waals surface area contributed by atoms with Crippen LogP contribution in [-0.2, 0) is 37.9 Å². The molecule has 0 saturated carbocycles. The summed E-state index contributed by atoms with van der Waals surface area (Å²) >= 11 is 0. The molecule has 7 aliphatic carbocycles. The normalized spacial score (nSPS) is 15.9. The Kier molecular flexibility index (Phi) is 16.6. The van der Waals surface area contributed by atoms with Crippen LogP contribution >= 0.6 is 0 Å². The Balaban J connectivity index is 0.000000139. The van der Waals surface area contributed by atoms with Crippen LogP contribution in [0.4, 0.5) is 0 Å². The van der Waals surface area contributed by atoms with E-state index < -0.39 is 0 Å². The monoisotopic (exact) mass is 1700 g/mol. The molecule has 0 aliphatic heterocycles. The number of rotatable bonds is 7. The molecule has 0 aromatic heterocycles. The van der Waals surface area contributed by atoms with Crippen molar-refractivity contribution in [1.29, 1.82) is 0 Å². The first-order chi connectivity index (χ1) is 64.3. The Morgan fingerprint density at radius 3 is 0.571 bits per heavy atom. The Bertz CT molecular complexity index is 8560. The van der Waals surface area contributed by atoms with E-state index in [9.17, 15) is 0 Å². The van der Waals surface area contributed by atoms with Crippen LogP contribution in [0.1, 0.15) is 175 Å². The highest BCUT2D eigenvalue weighted by atomic mass is 14.5. The molecule has 133 heavy (non-hydrogen) atoms. The van der Waals surface area contributed by atoms with E-state index in [0.29, 0.717) is 0 Å². The average Bonchev–Trinajstić information content (AvgIpc) is 1.57. The van der Waals surface area contributed by atoms with Gasteiger partial charge in [0.25, 0.3) is 0 Å². The number of hydrogen-bond donors (Lipinski definition) is 0. The molecular formula is C133H104.